The fourth-order valence-electron chi connectivity index (χ4n) is 1.12. The van der Waals surface area contributed by atoms with Gasteiger partial charge in [-0.1, -0.05) is 29.3 Å². The van der Waals surface area contributed by atoms with Crippen LogP contribution >= 0.6 is 23.2 Å². The van der Waals surface area contributed by atoms with Crippen LogP contribution in [0.4, 0.5) is 0 Å². The second-order valence-electron chi connectivity index (χ2n) is 2.76. The third-order valence-electron chi connectivity index (χ3n) is 1.83. The van der Waals surface area contributed by atoms with E-state index in [9.17, 15) is 4.79 Å². The molecule has 0 atom stereocenters. The fourth-order valence-corrected chi connectivity index (χ4v) is 1.51. The molecular weight excluding hydrogens is 237 g/mol. The zero-order valence-electron chi connectivity index (χ0n) is 7.37. The summed E-state index contributed by atoms with van der Waals surface area (Å²) >= 11 is 11.7. The molecule has 0 spiro atoms. The summed E-state index contributed by atoms with van der Waals surface area (Å²) in [6, 6.07) is 4.85. The Balaban J connectivity index is 2.47. The number of rotatable bonds is 2. The van der Waals surface area contributed by atoms with E-state index in [0.717, 1.165) is 0 Å². The van der Waals surface area contributed by atoms with Crippen molar-refractivity contribution >= 4 is 29.0 Å². The Morgan fingerprint density at radius 2 is 2.13 bits per heavy atom. The van der Waals surface area contributed by atoms with Crippen LogP contribution in [0.25, 0.3) is 0 Å². The fraction of sp³-hybridized carbons (Fsp3) is 0. The SMILES string of the molecule is O=C(c1ncn[nH]1)c1cccc(Cl)c1Cl. The number of hydrogen-bond acceptors (Lipinski definition) is 3. The van der Waals surface area contributed by atoms with Crippen molar-refractivity contribution in [1.82, 2.24) is 15.2 Å². The van der Waals surface area contributed by atoms with Crippen molar-refractivity contribution in [2.45, 2.75) is 0 Å². The van der Waals surface area contributed by atoms with Gasteiger partial charge in [-0.2, -0.15) is 5.10 Å². The number of benzene rings is 1. The Morgan fingerprint density at radius 1 is 1.33 bits per heavy atom. The molecule has 4 nitrogen and oxygen atoms in total. The molecule has 0 fully saturated rings. The molecule has 0 radical (unpaired) electrons. The summed E-state index contributed by atoms with van der Waals surface area (Å²) in [5, 5.41) is 6.62. The topological polar surface area (TPSA) is 58.6 Å². The van der Waals surface area contributed by atoms with Crippen molar-refractivity contribution in [3.8, 4) is 0 Å². The quantitative estimate of drug-likeness (QED) is 0.822. The molecule has 2 aromatic rings. The molecule has 0 bridgehead atoms. The first-order chi connectivity index (χ1) is 7.20. The van der Waals surface area contributed by atoms with E-state index < -0.39 is 0 Å². The number of hydrogen-bond donors (Lipinski definition) is 1. The summed E-state index contributed by atoms with van der Waals surface area (Å²) in [6.07, 6.45) is 1.26. The van der Waals surface area contributed by atoms with Crippen LogP contribution in [0.5, 0.6) is 0 Å². The molecule has 2 rings (SSSR count). The Kier molecular flexibility index (Phi) is 2.70. The van der Waals surface area contributed by atoms with Crippen LogP contribution in [-0.2, 0) is 0 Å². The third-order valence-corrected chi connectivity index (χ3v) is 2.65. The van der Waals surface area contributed by atoms with Gasteiger partial charge in [-0.25, -0.2) is 4.98 Å². The Labute approximate surface area is 95.2 Å². The maximum atomic E-state index is 11.8. The van der Waals surface area contributed by atoms with Crippen molar-refractivity contribution in [3.05, 3.63) is 46.0 Å². The summed E-state index contributed by atoms with van der Waals surface area (Å²) < 4.78 is 0. The first-order valence-electron chi connectivity index (χ1n) is 4.04. The number of ketones is 1. The summed E-state index contributed by atoms with van der Waals surface area (Å²) in [5.41, 5.74) is 0.306. The predicted molar refractivity (Wildman–Crippen MR) is 56.3 cm³/mol. The number of aromatic nitrogens is 3. The average molecular weight is 242 g/mol. The lowest BCUT2D eigenvalue weighted by Crippen LogP contribution is -2.04. The maximum absolute atomic E-state index is 11.8. The first-order valence-corrected chi connectivity index (χ1v) is 4.80. The van der Waals surface area contributed by atoms with Crippen LogP contribution < -0.4 is 0 Å². The van der Waals surface area contributed by atoms with Crippen LogP contribution in [0.3, 0.4) is 0 Å². The molecule has 0 aliphatic carbocycles. The molecule has 0 amide bonds. The van der Waals surface area contributed by atoms with E-state index in [2.05, 4.69) is 15.2 Å². The van der Waals surface area contributed by atoms with E-state index in [1.54, 1.807) is 18.2 Å². The number of aromatic amines is 1. The molecule has 0 unspecified atom stereocenters. The largest absolute Gasteiger partial charge is 0.285 e. The standard InChI is InChI=1S/C9H5Cl2N3O/c10-6-3-1-2-5(7(6)11)8(15)9-12-4-13-14-9/h1-4H,(H,12,13,14). The number of nitrogens with zero attached hydrogens (tertiary/aromatic N) is 2. The summed E-state index contributed by atoms with van der Waals surface area (Å²) in [4.78, 5) is 15.5. The van der Waals surface area contributed by atoms with E-state index in [0.29, 0.717) is 10.6 Å². The van der Waals surface area contributed by atoms with Gasteiger partial charge in [0.05, 0.1) is 10.0 Å². The van der Waals surface area contributed by atoms with Gasteiger partial charge in [-0.05, 0) is 12.1 Å². The highest BCUT2D eigenvalue weighted by molar-refractivity contribution is 6.44. The second kappa shape index (κ2) is 4.00. The number of carbonyl (C=O) groups excluding carboxylic acids is 1. The minimum atomic E-state index is -0.333. The molecular formula is C9H5Cl2N3O. The van der Waals surface area contributed by atoms with Gasteiger partial charge in [0.15, 0.2) is 5.82 Å². The highest BCUT2D eigenvalue weighted by Gasteiger charge is 2.16. The maximum Gasteiger partial charge on any atom is 0.231 e. The van der Waals surface area contributed by atoms with Crippen molar-refractivity contribution < 1.29 is 4.79 Å². The van der Waals surface area contributed by atoms with E-state index in [-0.39, 0.29) is 16.6 Å². The number of nitrogens with one attached hydrogen (secondary N) is 1. The van der Waals surface area contributed by atoms with E-state index in [4.69, 9.17) is 23.2 Å². The van der Waals surface area contributed by atoms with Crippen molar-refractivity contribution in [2.75, 3.05) is 0 Å². The Bertz CT molecular complexity index is 496. The van der Waals surface area contributed by atoms with Gasteiger partial charge in [0, 0.05) is 5.56 Å². The molecule has 0 aliphatic rings. The Hall–Kier alpha value is -1.39. The zero-order chi connectivity index (χ0) is 10.8. The normalized spacial score (nSPS) is 10.3. The van der Waals surface area contributed by atoms with Gasteiger partial charge in [-0.15, -0.1) is 0 Å². The average Bonchev–Trinajstić information content (AvgIpc) is 2.74. The zero-order valence-corrected chi connectivity index (χ0v) is 8.88. The minimum Gasteiger partial charge on any atom is -0.285 e. The molecule has 0 saturated heterocycles. The monoisotopic (exact) mass is 241 g/mol. The summed E-state index contributed by atoms with van der Waals surface area (Å²) in [5.74, 6) is -0.195. The molecule has 1 N–H and O–H groups in total. The van der Waals surface area contributed by atoms with Crippen molar-refractivity contribution in [1.29, 1.82) is 0 Å². The van der Waals surface area contributed by atoms with E-state index >= 15 is 0 Å². The van der Waals surface area contributed by atoms with Crippen molar-refractivity contribution in [2.24, 2.45) is 0 Å². The number of carbonyl (C=O) groups is 1. The first kappa shape index (κ1) is 10.1. The van der Waals surface area contributed by atoms with Crippen LogP contribution in [0.2, 0.25) is 10.0 Å². The highest BCUT2D eigenvalue weighted by Crippen LogP contribution is 2.26. The van der Waals surface area contributed by atoms with Crippen LogP contribution in [-0.4, -0.2) is 21.0 Å². The Morgan fingerprint density at radius 3 is 2.80 bits per heavy atom. The molecule has 0 aliphatic heterocycles. The molecule has 1 aromatic heterocycles. The second-order valence-corrected chi connectivity index (χ2v) is 3.55. The van der Waals surface area contributed by atoms with Gasteiger partial charge < -0.3 is 0 Å². The molecule has 76 valence electrons. The smallest absolute Gasteiger partial charge is 0.231 e. The van der Waals surface area contributed by atoms with Crippen LogP contribution in [0.1, 0.15) is 16.2 Å². The molecule has 0 saturated carbocycles. The number of H-pyrrole nitrogens is 1. The molecule has 1 aromatic carbocycles. The lowest BCUT2D eigenvalue weighted by atomic mass is 10.1. The number of halogens is 2. The van der Waals surface area contributed by atoms with Crippen molar-refractivity contribution in [3.63, 3.8) is 0 Å². The lowest BCUT2D eigenvalue weighted by Gasteiger charge is -2.01. The minimum absolute atomic E-state index is 0.138. The van der Waals surface area contributed by atoms with Crippen LogP contribution in [0.15, 0.2) is 24.5 Å². The molecule has 1 heterocycles. The summed E-state index contributed by atoms with van der Waals surface area (Å²) in [7, 11) is 0. The predicted octanol–water partition coefficient (Wildman–Crippen LogP) is 2.34. The molecule has 6 heteroatoms. The highest BCUT2D eigenvalue weighted by atomic mass is 35.5. The van der Waals surface area contributed by atoms with Gasteiger partial charge >= 0.3 is 0 Å². The van der Waals surface area contributed by atoms with Gasteiger partial charge in [0.25, 0.3) is 0 Å². The van der Waals surface area contributed by atoms with E-state index in [1.165, 1.54) is 6.33 Å². The molecule has 15 heavy (non-hydrogen) atoms. The van der Waals surface area contributed by atoms with Gasteiger partial charge in [-0.3, -0.25) is 9.89 Å². The van der Waals surface area contributed by atoms with Gasteiger partial charge in [0.2, 0.25) is 5.78 Å². The summed E-state index contributed by atoms with van der Waals surface area (Å²) in [6.45, 7) is 0. The van der Waals surface area contributed by atoms with Gasteiger partial charge in [0.1, 0.15) is 6.33 Å². The lowest BCUT2D eigenvalue weighted by molar-refractivity contribution is 0.103. The van der Waals surface area contributed by atoms with Crippen LogP contribution in [0, 0.1) is 0 Å². The van der Waals surface area contributed by atoms with E-state index in [1.807, 2.05) is 0 Å². The third kappa shape index (κ3) is 1.86.